The molecule has 1 heterocycles. The van der Waals surface area contributed by atoms with Gasteiger partial charge in [0.25, 0.3) is 5.91 Å². The van der Waals surface area contributed by atoms with E-state index in [0.29, 0.717) is 25.9 Å². The normalized spacial score (nSPS) is 17.3. The molecule has 0 spiro atoms. The van der Waals surface area contributed by atoms with E-state index in [-0.39, 0.29) is 17.7 Å². The predicted molar refractivity (Wildman–Crippen MR) is 79.8 cm³/mol. The third-order valence-electron chi connectivity index (χ3n) is 3.95. The zero-order valence-corrected chi connectivity index (χ0v) is 12.5. The van der Waals surface area contributed by atoms with E-state index in [0.717, 1.165) is 11.3 Å². The Labute approximate surface area is 125 Å². The number of para-hydroxylation sites is 1. The molecule has 0 bridgehead atoms. The fourth-order valence-corrected chi connectivity index (χ4v) is 2.57. The number of rotatable bonds is 4. The Morgan fingerprint density at radius 3 is 2.48 bits per heavy atom. The molecule has 2 rings (SSSR count). The van der Waals surface area contributed by atoms with Gasteiger partial charge in [0.1, 0.15) is 5.75 Å². The molecule has 1 aromatic carbocycles. The third-order valence-corrected chi connectivity index (χ3v) is 3.95. The average Bonchev–Trinajstić information content (AvgIpc) is 2.49. The fraction of sp³-hybridized carbons (Fsp3) is 0.500. The zero-order valence-electron chi connectivity index (χ0n) is 12.5. The first-order chi connectivity index (χ1) is 9.99. The molecular formula is C16H22N2O3. The molecular weight excluding hydrogens is 268 g/mol. The summed E-state index contributed by atoms with van der Waals surface area (Å²) < 4.78 is 5.75. The lowest BCUT2D eigenvalue weighted by atomic mass is 9.96. The number of primary amides is 1. The lowest BCUT2D eigenvalue weighted by Gasteiger charge is -2.32. The van der Waals surface area contributed by atoms with Crippen molar-refractivity contribution in [1.29, 1.82) is 0 Å². The maximum Gasteiger partial charge on any atom is 0.263 e. The van der Waals surface area contributed by atoms with Crippen LogP contribution in [0.3, 0.4) is 0 Å². The van der Waals surface area contributed by atoms with Crippen LogP contribution in [0.15, 0.2) is 24.3 Å². The van der Waals surface area contributed by atoms with Crippen molar-refractivity contribution in [2.45, 2.75) is 32.8 Å². The zero-order chi connectivity index (χ0) is 15.4. The largest absolute Gasteiger partial charge is 0.481 e. The van der Waals surface area contributed by atoms with Gasteiger partial charge in [-0.25, -0.2) is 0 Å². The first kappa shape index (κ1) is 15.4. The van der Waals surface area contributed by atoms with Gasteiger partial charge in [0.05, 0.1) is 0 Å². The minimum Gasteiger partial charge on any atom is -0.481 e. The number of nitrogens with two attached hydrogens (primary N) is 1. The molecule has 0 radical (unpaired) electrons. The van der Waals surface area contributed by atoms with Gasteiger partial charge in [-0.1, -0.05) is 18.2 Å². The number of hydrogen-bond acceptors (Lipinski definition) is 3. The average molecular weight is 290 g/mol. The van der Waals surface area contributed by atoms with Gasteiger partial charge in [-0.2, -0.15) is 0 Å². The van der Waals surface area contributed by atoms with E-state index in [4.69, 9.17) is 10.5 Å². The van der Waals surface area contributed by atoms with Crippen LogP contribution in [-0.4, -0.2) is 35.9 Å². The van der Waals surface area contributed by atoms with Gasteiger partial charge in [-0.15, -0.1) is 0 Å². The van der Waals surface area contributed by atoms with Crippen molar-refractivity contribution in [2.75, 3.05) is 13.1 Å². The molecule has 21 heavy (non-hydrogen) atoms. The van der Waals surface area contributed by atoms with Crippen molar-refractivity contribution in [2.24, 2.45) is 11.7 Å². The quantitative estimate of drug-likeness (QED) is 0.913. The van der Waals surface area contributed by atoms with Crippen molar-refractivity contribution in [1.82, 2.24) is 4.90 Å². The van der Waals surface area contributed by atoms with E-state index in [1.165, 1.54) is 0 Å². The second kappa shape index (κ2) is 6.61. The number of benzene rings is 1. The minimum atomic E-state index is -0.531. The highest BCUT2D eigenvalue weighted by molar-refractivity contribution is 5.82. The molecule has 2 amide bonds. The number of amides is 2. The predicted octanol–water partition coefficient (Wildman–Crippen LogP) is 1.49. The van der Waals surface area contributed by atoms with Crippen molar-refractivity contribution in [3.8, 4) is 5.75 Å². The maximum absolute atomic E-state index is 12.4. The molecule has 5 nitrogen and oxygen atoms in total. The Hall–Kier alpha value is -2.04. The van der Waals surface area contributed by atoms with Crippen LogP contribution in [-0.2, 0) is 9.59 Å². The minimum absolute atomic E-state index is 0.0406. The SMILES string of the molecule is Cc1ccccc1OC(C)C(=O)N1CCC(C(N)=O)CC1. The van der Waals surface area contributed by atoms with Gasteiger partial charge in [0.15, 0.2) is 6.10 Å². The van der Waals surface area contributed by atoms with Crippen LogP contribution in [0, 0.1) is 12.8 Å². The standard InChI is InChI=1S/C16H22N2O3/c1-11-5-3-4-6-14(11)21-12(2)16(20)18-9-7-13(8-10-18)15(17)19/h3-6,12-13H,7-10H2,1-2H3,(H2,17,19). The molecule has 1 atom stereocenters. The summed E-state index contributed by atoms with van der Waals surface area (Å²) in [6.45, 7) is 4.83. The molecule has 1 aromatic rings. The van der Waals surface area contributed by atoms with E-state index in [1.807, 2.05) is 31.2 Å². The summed E-state index contributed by atoms with van der Waals surface area (Å²) in [5, 5.41) is 0. The topological polar surface area (TPSA) is 72.6 Å². The Bertz CT molecular complexity index is 522. The smallest absolute Gasteiger partial charge is 0.263 e. The van der Waals surface area contributed by atoms with Crippen LogP contribution in [0.4, 0.5) is 0 Å². The summed E-state index contributed by atoms with van der Waals surface area (Å²) in [6, 6.07) is 7.63. The number of hydrogen-bond donors (Lipinski definition) is 1. The molecule has 114 valence electrons. The monoisotopic (exact) mass is 290 g/mol. The number of ether oxygens (including phenoxy) is 1. The summed E-state index contributed by atoms with van der Waals surface area (Å²) in [7, 11) is 0. The van der Waals surface area contributed by atoms with Crippen molar-refractivity contribution in [3.05, 3.63) is 29.8 Å². The molecule has 5 heteroatoms. The molecule has 1 saturated heterocycles. The Morgan fingerprint density at radius 2 is 1.90 bits per heavy atom. The highest BCUT2D eigenvalue weighted by Gasteiger charge is 2.29. The van der Waals surface area contributed by atoms with E-state index in [2.05, 4.69) is 0 Å². The number of carbonyl (C=O) groups excluding carboxylic acids is 2. The Morgan fingerprint density at radius 1 is 1.29 bits per heavy atom. The molecule has 0 aromatic heterocycles. The molecule has 2 N–H and O–H groups in total. The number of aryl methyl sites for hydroxylation is 1. The number of likely N-dealkylation sites (tertiary alicyclic amines) is 1. The summed E-state index contributed by atoms with van der Waals surface area (Å²) >= 11 is 0. The van der Waals surface area contributed by atoms with Gasteiger partial charge >= 0.3 is 0 Å². The highest BCUT2D eigenvalue weighted by Crippen LogP contribution is 2.21. The summed E-state index contributed by atoms with van der Waals surface area (Å²) in [4.78, 5) is 25.3. The third kappa shape index (κ3) is 3.74. The second-order valence-electron chi connectivity index (χ2n) is 5.53. The van der Waals surface area contributed by atoms with Gasteiger partial charge in [-0.3, -0.25) is 9.59 Å². The van der Waals surface area contributed by atoms with Crippen LogP contribution in [0.2, 0.25) is 0 Å². The van der Waals surface area contributed by atoms with E-state index in [1.54, 1.807) is 11.8 Å². The van der Waals surface area contributed by atoms with Gasteiger partial charge < -0.3 is 15.4 Å². The Kier molecular flexibility index (Phi) is 4.83. The van der Waals surface area contributed by atoms with Gasteiger partial charge in [-0.05, 0) is 38.3 Å². The first-order valence-electron chi connectivity index (χ1n) is 7.29. The lowest BCUT2D eigenvalue weighted by molar-refractivity contribution is -0.140. The molecule has 0 saturated carbocycles. The van der Waals surface area contributed by atoms with Crippen LogP contribution in [0.5, 0.6) is 5.75 Å². The second-order valence-corrected chi connectivity index (χ2v) is 5.53. The molecule has 1 unspecified atom stereocenters. The number of nitrogens with zero attached hydrogens (tertiary/aromatic N) is 1. The van der Waals surface area contributed by atoms with Gasteiger partial charge in [0, 0.05) is 19.0 Å². The van der Waals surface area contributed by atoms with Crippen molar-refractivity contribution >= 4 is 11.8 Å². The van der Waals surface area contributed by atoms with Gasteiger partial charge in [0.2, 0.25) is 5.91 Å². The molecule has 1 fully saturated rings. The Balaban J connectivity index is 1.92. The first-order valence-corrected chi connectivity index (χ1v) is 7.29. The van der Waals surface area contributed by atoms with Crippen LogP contribution >= 0.6 is 0 Å². The van der Waals surface area contributed by atoms with Crippen molar-refractivity contribution < 1.29 is 14.3 Å². The summed E-state index contributed by atoms with van der Waals surface area (Å²) in [6.07, 6.45) is 0.743. The lowest BCUT2D eigenvalue weighted by Crippen LogP contribution is -2.46. The molecule has 1 aliphatic rings. The van der Waals surface area contributed by atoms with Crippen molar-refractivity contribution in [3.63, 3.8) is 0 Å². The summed E-state index contributed by atoms with van der Waals surface area (Å²) in [5.74, 6) is 0.305. The highest BCUT2D eigenvalue weighted by atomic mass is 16.5. The number of carbonyl (C=O) groups is 2. The van der Waals surface area contributed by atoms with E-state index < -0.39 is 6.10 Å². The van der Waals surface area contributed by atoms with E-state index >= 15 is 0 Å². The van der Waals surface area contributed by atoms with Crippen LogP contribution < -0.4 is 10.5 Å². The summed E-state index contributed by atoms with van der Waals surface area (Å²) in [5.41, 5.74) is 6.30. The van der Waals surface area contributed by atoms with Crippen LogP contribution in [0.1, 0.15) is 25.3 Å². The van der Waals surface area contributed by atoms with E-state index in [9.17, 15) is 9.59 Å². The number of piperidine rings is 1. The molecule has 0 aliphatic carbocycles. The van der Waals surface area contributed by atoms with Crippen LogP contribution in [0.25, 0.3) is 0 Å². The fourth-order valence-electron chi connectivity index (χ4n) is 2.57. The molecule has 1 aliphatic heterocycles. The maximum atomic E-state index is 12.4.